The Balaban J connectivity index is 1.96. The zero-order valence-corrected chi connectivity index (χ0v) is 13.3. The number of urea groups is 1. The number of anilines is 1. The van der Waals surface area contributed by atoms with E-state index in [-0.39, 0.29) is 6.03 Å². The first-order chi connectivity index (χ1) is 9.06. The molecule has 1 aliphatic rings. The van der Waals surface area contributed by atoms with Gasteiger partial charge in [0.2, 0.25) is 0 Å². The molecule has 0 heterocycles. The van der Waals surface area contributed by atoms with Gasteiger partial charge in [0.25, 0.3) is 0 Å². The summed E-state index contributed by atoms with van der Waals surface area (Å²) < 4.78 is 0.838. The second-order valence-corrected chi connectivity index (χ2v) is 6.28. The summed E-state index contributed by atoms with van der Waals surface area (Å²) in [6.45, 7) is 1.94. The molecule has 0 aromatic heterocycles. The Morgan fingerprint density at radius 1 is 1.32 bits per heavy atom. The SMILES string of the molecule is Cc1cc(Br)c(Cl)cc1NC(=O)NC1CCCCC1. The molecule has 0 unspecified atom stereocenters. The molecule has 3 nitrogen and oxygen atoms in total. The molecule has 0 bridgehead atoms. The lowest BCUT2D eigenvalue weighted by atomic mass is 9.96. The standard InChI is InChI=1S/C14H18BrClN2O/c1-9-7-11(15)12(16)8-13(9)18-14(19)17-10-5-3-2-4-6-10/h7-8,10H,2-6H2,1H3,(H2,17,18,19). The van der Waals surface area contributed by atoms with Crippen molar-refractivity contribution in [3.63, 3.8) is 0 Å². The highest BCUT2D eigenvalue weighted by atomic mass is 79.9. The largest absolute Gasteiger partial charge is 0.335 e. The summed E-state index contributed by atoms with van der Waals surface area (Å²) >= 11 is 9.41. The molecule has 1 aliphatic carbocycles. The van der Waals surface area contributed by atoms with E-state index in [4.69, 9.17) is 11.6 Å². The molecule has 2 N–H and O–H groups in total. The number of nitrogens with one attached hydrogen (secondary N) is 2. The molecular weight excluding hydrogens is 328 g/mol. The summed E-state index contributed by atoms with van der Waals surface area (Å²) in [6, 6.07) is 3.83. The number of benzene rings is 1. The Bertz CT molecular complexity index is 473. The molecule has 0 spiro atoms. The second kappa shape index (κ2) is 6.62. The Hall–Kier alpha value is -0.740. The lowest BCUT2D eigenvalue weighted by molar-refractivity contribution is 0.244. The molecule has 2 amide bonds. The summed E-state index contributed by atoms with van der Waals surface area (Å²) in [5.74, 6) is 0. The van der Waals surface area contributed by atoms with Crippen molar-refractivity contribution in [2.75, 3.05) is 5.32 Å². The fourth-order valence-corrected chi connectivity index (χ4v) is 2.99. The third kappa shape index (κ3) is 4.11. The van der Waals surface area contributed by atoms with Crippen LogP contribution in [-0.4, -0.2) is 12.1 Å². The highest BCUT2D eigenvalue weighted by molar-refractivity contribution is 9.10. The molecule has 0 saturated heterocycles. The average Bonchev–Trinajstić information content (AvgIpc) is 2.37. The van der Waals surface area contributed by atoms with E-state index < -0.39 is 0 Å². The van der Waals surface area contributed by atoms with E-state index in [0.717, 1.165) is 28.6 Å². The summed E-state index contributed by atoms with van der Waals surface area (Å²) in [7, 11) is 0. The predicted molar refractivity (Wildman–Crippen MR) is 82.9 cm³/mol. The highest BCUT2D eigenvalue weighted by Gasteiger charge is 2.16. The van der Waals surface area contributed by atoms with Crippen molar-refractivity contribution in [1.29, 1.82) is 0 Å². The van der Waals surface area contributed by atoms with Gasteiger partial charge in [-0.25, -0.2) is 4.79 Å². The van der Waals surface area contributed by atoms with Crippen LogP contribution in [0.3, 0.4) is 0 Å². The van der Waals surface area contributed by atoms with Gasteiger partial charge in [0, 0.05) is 16.2 Å². The molecule has 0 atom stereocenters. The number of rotatable bonds is 2. The lowest BCUT2D eigenvalue weighted by Crippen LogP contribution is -2.39. The number of aryl methyl sites for hydroxylation is 1. The molecule has 2 rings (SSSR count). The van der Waals surface area contributed by atoms with E-state index >= 15 is 0 Å². The number of carbonyl (C=O) groups excluding carboxylic acids is 1. The van der Waals surface area contributed by atoms with Gasteiger partial charge >= 0.3 is 6.03 Å². The minimum atomic E-state index is -0.145. The summed E-state index contributed by atoms with van der Waals surface area (Å²) in [6.07, 6.45) is 5.84. The van der Waals surface area contributed by atoms with Gasteiger partial charge in [-0.2, -0.15) is 0 Å². The maximum Gasteiger partial charge on any atom is 0.319 e. The van der Waals surface area contributed by atoms with Crippen molar-refractivity contribution in [2.45, 2.75) is 45.1 Å². The molecule has 104 valence electrons. The van der Waals surface area contributed by atoms with Crippen LogP contribution in [-0.2, 0) is 0 Å². The fraction of sp³-hybridized carbons (Fsp3) is 0.500. The molecule has 5 heteroatoms. The first-order valence-corrected chi connectivity index (χ1v) is 7.76. The fourth-order valence-electron chi connectivity index (χ4n) is 2.37. The van der Waals surface area contributed by atoms with E-state index in [2.05, 4.69) is 26.6 Å². The Labute approximate surface area is 127 Å². The first-order valence-electron chi connectivity index (χ1n) is 6.59. The number of amides is 2. The maximum atomic E-state index is 12.0. The van der Waals surface area contributed by atoms with Gasteiger partial charge in [0.1, 0.15) is 0 Å². The maximum absolute atomic E-state index is 12.0. The van der Waals surface area contributed by atoms with Crippen LogP contribution in [0, 0.1) is 6.92 Å². The van der Waals surface area contributed by atoms with Crippen LogP contribution in [0.5, 0.6) is 0 Å². The van der Waals surface area contributed by atoms with Crippen molar-refractivity contribution in [1.82, 2.24) is 5.32 Å². The van der Waals surface area contributed by atoms with Gasteiger partial charge < -0.3 is 10.6 Å². The van der Waals surface area contributed by atoms with E-state index in [1.165, 1.54) is 19.3 Å². The van der Waals surface area contributed by atoms with Crippen molar-refractivity contribution in [3.05, 3.63) is 27.2 Å². The van der Waals surface area contributed by atoms with E-state index in [1.807, 2.05) is 13.0 Å². The lowest BCUT2D eigenvalue weighted by Gasteiger charge is -2.23. The van der Waals surface area contributed by atoms with E-state index in [1.54, 1.807) is 6.07 Å². The second-order valence-electron chi connectivity index (χ2n) is 5.01. The molecule has 1 aromatic rings. The van der Waals surface area contributed by atoms with Gasteiger partial charge in [-0.1, -0.05) is 30.9 Å². The summed E-state index contributed by atoms with van der Waals surface area (Å²) in [5.41, 5.74) is 1.73. The van der Waals surface area contributed by atoms with Crippen molar-refractivity contribution in [3.8, 4) is 0 Å². The summed E-state index contributed by atoms with van der Waals surface area (Å²) in [4.78, 5) is 12.0. The minimum Gasteiger partial charge on any atom is -0.335 e. The molecule has 0 aliphatic heterocycles. The van der Waals surface area contributed by atoms with Crippen LogP contribution in [0.2, 0.25) is 5.02 Å². The van der Waals surface area contributed by atoms with Crippen LogP contribution in [0.25, 0.3) is 0 Å². The van der Waals surface area contributed by atoms with Crippen molar-refractivity contribution >= 4 is 39.2 Å². The zero-order valence-electron chi connectivity index (χ0n) is 10.9. The molecule has 1 aromatic carbocycles. The molecular formula is C14H18BrClN2O. The topological polar surface area (TPSA) is 41.1 Å². The van der Waals surface area contributed by atoms with Gasteiger partial charge in [-0.3, -0.25) is 0 Å². The van der Waals surface area contributed by atoms with Gasteiger partial charge in [0.05, 0.1) is 5.02 Å². The Kier molecular flexibility index (Phi) is 5.11. The number of carbonyl (C=O) groups is 1. The monoisotopic (exact) mass is 344 g/mol. The van der Waals surface area contributed by atoms with Crippen LogP contribution >= 0.6 is 27.5 Å². The van der Waals surface area contributed by atoms with Gasteiger partial charge in [0.15, 0.2) is 0 Å². The summed E-state index contributed by atoms with van der Waals surface area (Å²) in [5, 5.41) is 6.49. The smallest absolute Gasteiger partial charge is 0.319 e. The Morgan fingerprint density at radius 3 is 2.68 bits per heavy atom. The van der Waals surface area contributed by atoms with Crippen LogP contribution < -0.4 is 10.6 Å². The minimum absolute atomic E-state index is 0.145. The van der Waals surface area contributed by atoms with Crippen LogP contribution in [0.1, 0.15) is 37.7 Å². The molecule has 0 radical (unpaired) electrons. The quantitative estimate of drug-likeness (QED) is 0.789. The highest BCUT2D eigenvalue weighted by Crippen LogP contribution is 2.29. The first kappa shape index (κ1) is 14.7. The number of halogens is 2. The van der Waals surface area contributed by atoms with E-state index in [9.17, 15) is 4.79 Å². The molecule has 1 fully saturated rings. The zero-order chi connectivity index (χ0) is 13.8. The normalized spacial score (nSPS) is 16.2. The molecule has 19 heavy (non-hydrogen) atoms. The van der Waals surface area contributed by atoms with E-state index in [0.29, 0.717) is 11.1 Å². The molecule has 1 saturated carbocycles. The van der Waals surface area contributed by atoms with Gasteiger partial charge in [-0.15, -0.1) is 0 Å². The predicted octanol–water partition coefficient (Wildman–Crippen LogP) is 4.87. The number of hydrogen-bond acceptors (Lipinski definition) is 1. The van der Waals surface area contributed by atoms with Crippen LogP contribution in [0.15, 0.2) is 16.6 Å². The average molecular weight is 346 g/mol. The Morgan fingerprint density at radius 2 is 2.00 bits per heavy atom. The third-order valence-corrected chi connectivity index (χ3v) is 4.65. The van der Waals surface area contributed by atoms with Crippen molar-refractivity contribution in [2.24, 2.45) is 0 Å². The number of hydrogen-bond donors (Lipinski definition) is 2. The van der Waals surface area contributed by atoms with Crippen molar-refractivity contribution < 1.29 is 4.79 Å². The van der Waals surface area contributed by atoms with Crippen LogP contribution in [0.4, 0.5) is 10.5 Å². The third-order valence-electron chi connectivity index (χ3n) is 3.46. The van der Waals surface area contributed by atoms with Gasteiger partial charge in [-0.05, 0) is 53.4 Å².